The zero-order valence-electron chi connectivity index (χ0n) is 13.6. The van der Waals surface area contributed by atoms with E-state index in [-0.39, 0.29) is 34.6 Å². The van der Waals surface area contributed by atoms with E-state index in [9.17, 15) is 22.4 Å². The molecule has 0 aliphatic carbocycles. The van der Waals surface area contributed by atoms with Crippen LogP contribution in [0.25, 0.3) is 0 Å². The molecule has 140 valence electrons. The molecule has 3 rings (SSSR count). The molecule has 0 bridgehead atoms. The van der Waals surface area contributed by atoms with Crippen molar-refractivity contribution in [3.63, 3.8) is 0 Å². The van der Waals surface area contributed by atoms with Gasteiger partial charge in [0.1, 0.15) is 40.7 Å². The summed E-state index contributed by atoms with van der Waals surface area (Å²) in [5.41, 5.74) is -0.375. The molecule has 27 heavy (non-hydrogen) atoms. The van der Waals surface area contributed by atoms with Gasteiger partial charge in [0.05, 0.1) is 6.54 Å². The van der Waals surface area contributed by atoms with Crippen LogP contribution in [0.1, 0.15) is 11.1 Å². The first-order valence-electron chi connectivity index (χ1n) is 7.60. The minimum absolute atomic E-state index is 0.0463. The van der Waals surface area contributed by atoms with E-state index in [1.54, 1.807) is 0 Å². The van der Waals surface area contributed by atoms with E-state index in [0.717, 1.165) is 35.2 Å². The Bertz CT molecular complexity index is 1060. The number of hydrogen-bond donors (Lipinski definition) is 0. The van der Waals surface area contributed by atoms with Crippen molar-refractivity contribution < 1.29 is 22.3 Å². The van der Waals surface area contributed by atoms with Crippen molar-refractivity contribution in [3.05, 3.63) is 91.9 Å². The van der Waals surface area contributed by atoms with Crippen LogP contribution in [0.2, 0.25) is 0 Å². The largest absolute Gasteiger partial charge is 0.472 e. The molecule has 2 aromatic carbocycles. The van der Waals surface area contributed by atoms with Crippen LogP contribution in [0.15, 0.2) is 52.0 Å². The van der Waals surface area contributed by atoms with Crippen molar-refractivity contribution in [2.75, 3.05) is 0 Å². The van der Waals surface area contributed by atoms with Crippen molar-refractivity contribution in [1.29, 1.82) is 0 Å². The van der Waals surface area contributed by atoms with Gasteiger partial charge in [-0.05, 0) is 34.1 Å². The van der Waals surface area contributed by atoms with Crippen molar-refractivity contribution in [3.8, 4) is 5.88 Å². The Kier molecular flexibility index (Phi) is 5.59. The molecule has 0 saturated heterocycles. The van der Waals surface area contributed by atoms with Gasteiger partial charge >= 0.3 is 0 Å². The van der Waals surface area contributed by atoms with Gasteiger partial charge in [-0.25, -0.2) is 22.5 Å². The molecule has 1 aromatic heterocycles. The lowest BCUT2D eigenvalue weighted by Crippen LogP contribution is -2.23. The third kappa shape index (κ3) is 4.36. The number of ether oxygens (including phenoxy) is 1. The van der Waals surface area contributed by atoms with Crippen molar-refractivity contribution >= 4 is 15.9 Å². The van der Waals surface area contributed by atoms with Crippen LogP contribution >= 0.6 is 15.9 Å². The fourth-order valence-electron chi connectivity index (χ4n) is 2.28. The smallest absolute Gasteiger partial charge is 0.271 e. The topological polar surface area (TPSA) is 44.1 Å². The van der Waals surface area contributed by atoms with Gasteiger partial charge in [0.25, 0.3) is 5.56 Å². The number of nitrogens with zero attached hydrogens (tertiary/aromatic N) is 2. The van der Waals surface area contributed by atoms with E-state index >= 15 is 0 Å². The van der Waals surface area contributed by atoms with Gasteiger partial charge in [0, 0.05) is 23.3 Å². The quantitative estimate of drug-likeness (QED) is 0.556. The Morgan fingerprint density at radius 2 is 1.56 bits per heavy atom. The highest BCUT2D eigenvalue weighted by atomic mass is 79.9. The molecule has 0 amide bonds. The fraction of sp³-hybridized carbons (Fsp3) is 0.111. The lowest BCUT2D eigenvalue weighted by Gasteiger charge is -2.11. The standard InChI is InChI=1S/C18H11BrF4N2O2/c19-16-17(27-8-11-2-4-13(21)6-15(11)23)24-9-25(18(16)26)7-10-1-3-12(20)5-14(10)22/h1-6,9H,7-8H2. The van der Waals surface area contributed by atoms with E-state index in [1.165, 1.54) is 12.1 Å². The Labute approximate surface area is 159 Å². The summed E-state index contributed by atoms with van der Waals surface area (Å²) in [5.74, 6) is -3.11. The maximum atomic E-state index is 13.7. The molecule has 0 aliphatic rings. The second-order valence-electron chi connectivity index (χ2n) is 5.56. The summed E-state index contributed by atoms with van der Waals surface area (Å²) in [6.45, 7) is -0.433. The van der Waals surface area contributed by atoms with Gasteiger partial charge in [-0.2, -0.15) is 0 Å². The molecule has 0 radical (unpaired) electrons. The predicted octanol–water partition coefficient (Wildman–Crippen LogP) is 4.19. The second kappa shape index (κ2) is 7.91. The van der Waals surface area contributed by atoms with Crippen molar-refractivity contribution in [2.24, 2.45) is 0 Å². The van der Waals surface area contributed by atoms with Gasteiger partial charge in [0.15, 0.2) is 0 Å². The van der Waals surface area contributed by atoms with E-state index in [0.29, 0.717) is 0 Å². The van der Waals surface area contributed by atoms with Crippen LogP contribution < -0.4 is 10.3 Å². The maximum absolute atomic E-state index is 13.7. The van der Waals surface area contributed by atoms with E-state index in [1.807, 2.05) is 0 Å². The van der Waals surface area contributed by atoms with Crippen LogP contribution in [0.4, 0.5) is 17.6 Å². The number of hydrogen-bond acceptors (Lipinski definition) is 3. The second-order valence-corrected chi connectivity index (χ2v) is 6.35. The number of halogens is 5. The summed E-state index contributed by atoms with van der Waals surface area (Å²) >= 11 is 3.05. The number of aromatic nitrogens is 2. The summed E-state index contributed by atoms with van der Waals surface area (Å²) in [6, 6.07) is 6.05. The van der Waals surface area contributed by atoms with Gasteiger partial charge in [-0.15, -0.1) is 0 Å². The molecule has 0 saturated carbocycles. The SMILES string of the molecule is O=c1c(Br)c(OCc2ccc(F)cc2F)ncn1Cc1ccc(F)cc1F. The number of rotatable bonds is 5. The molecular weight excluding hydrogens is 432 g/mol. The van der Waals surface area contributed by atoms with Crippen LogP contribution in [-0.4, -0.2) is 9.55 Å². The molecule has 0 spiro atoms. The average Bonchev–Trinajstić information content (AvgIpc) is 2.61. The lowest BCUT2D eigenvalue weighted by molar-refractivity contribution is 0.283. The average molecular weight is 443 g/mol. The predicted molar refractivity (Wildman–Crippen MR) is 92.3 cm³/mol. The highest BCUT2D eigenvalue weighted by molar-refractivity contribution is 9.10. The fourth-order valence-corrected chi connectivity index (χ4v) is 2.72. The van der Waals surface area contributed by atoms with E-state index < -0.39 is 28.8 Å². The summed E-state index contributed by atoms with van der Waals surface area (Å²) in [4.78, 5) is 16.3. The van der Waals surface area contributed by atoms with Crippen LogP contribution in [-0.2, 0) is 13.2 Å². The first kappa shape index (κ1) is 19.1. The molecule has 0 atom stereocenters. The number of benzene rings is 2. The van der Waals surface area contributed by atoms with Crippen LogP contribution in [0.3, 0.4) is 0 Å². The van der Waals surface area contributed by atoms with E-state index in [4.69, 9.17) is 4.74 Å². The zero-order chi connectivity index (χ0) is 19.6. The third-order valence-corrected chi connectivity index (χ3v) is 4.36. The third-order valence-electron chi connectivity index (χ3n) is 3.69. The van der Waals surface area contributed by atoms with Gasteiger partial charge < -0.3 is 4.74 Å². The Balaban J connectivity index is 1.79. The van der Waals surface area contributed by atoms with Crippen LogP contribution in [0, 0.1) is 23.3 Å². The molecule has 0 fully saturated rings. The first-order chi connectivity index (χ1) is 12.8. The minimum atomic E-state index is -0.787. The summed E-state index contributed by atoms with van der Waals surface area (Å²) in [7, 11) is 0. The molecule has 3 aromatic rings. The van der Waals surface area contributed by atoms with Gasteiger partial charge in [-0.1, -0.05) is 6.07 Å². The normalized spacial score (nSPS) is 10.9. The zero-order valence-corrected chi connectivity index (χ0v) is 15.1. The summed E-state index contributed by atoms with van der Waals surface area (Å²) < 4.78 is 59.6. The summed E-state index contributed by atoms with van der Waals surface area (Å²) in [5, 5.41) is 0. The summed E-state index contributed by atoms with van der Waals surface area (Å²) in [6.07, 6.45) is 1.13. The molecule has 0 unspecified atom stereocenters. The molecule has 4 nitrogen and oxygen atoms in total. The molecule has 0 aliphatic heterocycles. The first-order valence-corrected chi connectivity index (χ1v) is 8.40. The minimum Gasteiger partial charge on any atom is -0.472 e. The maximum Gasteiger partial charge on any atom is 0.271 e. The highest BCUT2D eigenvalue weighted by Gasteiger charge is 2.14. The molecular formula is C18H11BrF4N2O2. The molecule has 0 N–H and O–H groups in total. The molecule has 9 heteroatoms. The Morgan fingerprint density at radius 1 is 0.963 bits per heavy atom. The van der Waals surface area contributed by atoms with Crippen LogP contribution in [0.5, 0.6) is 5.88 Å². The molecule has 1 heterocycles. The Hall–Kier alpha value is -2.68. The van der Waals surface area contributed by atoms with Crippen molar-refractivity contribution in [2.45, 2.75) is 13.2 Å². The van der Waals surface area contributed by atoms with E-state index in [2.05, 4.69) is 20.9 Å². The van der Waals surface area contributed by atoms with Gasteiger partial charge in [-0.3, -0.25) is 9.36 Å². The monoisotopic (exact) mass is 442 g/mol. The Morgan fingerprint density at radius 3 is 2.15 bits per heavy atom. The lowest BCUT2D eigenvalue weighted by atomic mass is 10.2. The van der Waals surface area contributed by atoms with Gasteiger partial charge in [0.2, 0.25) is 5.88 Å². The highest BCUT2D eigenvalue weighted by Crippen LogP contribution is 2.20. The van der Waals surface area contributed by atoms with Crippen molar-refractivity contribution in [1.82, 2.24) is 9.55 Å².